The lowest BCUT2D eigenvalue weighted by Crippen LogP contribution is -2.53. The maximum Gasteiger partial charge on any atom is 0.358 e. The molecule has 0 aliphatic carbocycles. The van der Waals surface area contributed by atoms with Gasteiger partial charge in [0.05, 0.1) is 18.8 Å². The van der Waals surface area contributed by atoms with Crippen molar-refractivity contribution in [3.63, 3.8) is 0 Å². The van der Waals surface area contributed by atoms with Crippen molar-refractivity contribution >= 4 is 17.8 Å². The molecule has 2 amide bonds. The van der Waals surface area contributed by atoms with Crippen LogP contribution in [-0.2, 0) is 9.59 Å². The van der Waals surface area contributed by atoms with Gasteiger partial charge in [0.15, 0.2) is 5.69 Å². The first-order valence-corrected chi connectivity index (χ1v) is 6.75. The highest BCUT2D eigenvalue weighted by atomic mass is 16.4. The lowest BCUT2D eigenvalue weighted by atomic mass is 10.1. The first-order valence-electron chi connectivity index (χ1n) is 6.75. The minimum absolute atomic E-state index is 0.0304. The number of hydrogen-bond acceptors (Lipinski definition) is 5. The zero-order valence-electron chi connectivity index (χ0n) is 11.3. The fourth-order valence-corrected chi connectivity index (χ4v) is 2.51. The topological polar surface area (TPSA) is 109 Å². The number of hydrogen-bond donors (Lipinski definition) is 1. The van der Waals surface area contributed by atoms with E-state index in [9.17, 15) is 14.4 Å². The normalized spacial score (nSPS) is 19.0. The zero-order chi connectivity index (χ0) is 15.0. The molecule has 0 unspecified atom stereocenters. The van der Waals surface area contributed by atoms with Gasteiger partial charge in [-0.05, 0) is 6.42 Å². The van der Waals surface area contributed by atoms with Gasteiger partial charge in [-0.15, -0.1) is 5.10 Å². The Morgan fingerprint density at radius 2 is 2.14 bits per heavy atom. The number of aromatic nitrogens is 3. The Hall–Kier alpha value is -2.45. The van der Waals surface area contributed by atoms with Gasteiger partial charge in [-0.1, -0.05) is 5.21 Å². The van der Waals surface area contributed by atoms with E-state index >= 15 is 0 Å². The zero-order valence-corrected chi connectivity index (χ0v) is 11.3. The van der Waals surface area contributed by atoms with Crippen LogP contribution in [0.25, 0.3) is 0 Å². The molecule has 2 saturated heterocycles. The van der Waals surface area contributed by atoms with Crippen LogP contribution < -0.4 is 0 Å². The second kappa shape index (κ2) is 5.15. The van der Waals surface area contributed by atoms with E-state index in [0.29, 0.717) is 26.1 Å². The molecule has 112 valence electrons. The van der Waals surface area contributed by atoms with Crippen molar-refractivity contribution in [1.82, 2.24) is 24.8 Å². The van der Waals surface area contributed by atoms with Crippen molar-refractivity contribution in [3.05, 3.63) is 11.9 Å². The van der Waals surface area contributed by atoms with Crippen LogP contribution in [0, 0.1) is 0 Å². The molecule has 21 heavy (non-hydrogen) atoms. The summed E-state index contributed by atoms with van der Waals surface area (Å²) in [5.41, 5.74) is -0.109. The Kier molecular flexibility index (Phi) is 3.32. The molecule has 0 aromatic carbocycles. The van der Waals surface area contributed by atoms with Crippen molar-refractivity contribution in [1.29, 1.82) is 0 Å². The van der Waals surface area contributed by atoms with Crippen molar-refractivity contribution in [3.8, 4) is 0 Å². The SMILES string of the molecule is O=C(O)c1cn(C2CN(C(=O)CN3CCCC3=O)C2)nn1. The van der Waals surface area contributed by atoms with E-state index in [2.05, 4.69) is 10.3 Å². The molecule has 2 aliphatic rings. The molecule has 0 saturated carbocycles. The van der Waals surface area contributed by atoms with E-state index in [0.717, 1.165) is 6.42 Å². The number of aromatic carboxylic acids is 1. The Morgan fingerprint density at radius 3 is 2.71 bits per heavy atom. The Labute approximate surface area is 120 Å². The number of nitrogens with zero attached hydrogens (tertiary/aromatic N) is 5. The maximum atomic E-state index is 12.0. The smallest absolute Gasteiger partial charge is 0.358 e. The number of carbonyl (C=O) groups is 3. The van der Waals surface area contributed by atoms with Gasteiger partial charge in [-0.3, -0.25) is 9.59 Å². The Bertz CT molecular complexity index is 592. The molecule has 2 aliphatic heterocycles. The second-order valence-electron chi connectivity index (χ2n) is 5.26. The number of carbonyl (C=O) groups excluding carboxylic acids is 2. The fourth-order valence-electron chi connectivity index (χ4n) is 2.51. The second-order valence-corrected chi connectivity index (χ2v) is 5.26. The standard InChI is InChI=1S/C12H15N5O4/c18-10-2-1-3-15(10)7-11(19)16-4-8(5-16)17-6-9(12(20)21)13-14-17/h6,8H,1-5,7H2,(H,20,21). The number of amides is 2. The summed E-state index contributed by atoms with van der Waals surface area (Å²) in [7, 11) is 0. The van der Waals surface area contributed by atoms with Crippen molar-refractivity contribution in [2.45, 2.75) is 18.9 Å². The lowest BCUT2D eigenvalue weighted by Gasteiger charge is -2.39. The Balaban J connectivity index is 1.51. The van der Waals surface area contributed by atoms with Crippen LogP contribution >= 0.6 is 0 Å². The average Bonchev–Trinajstić information content (AvgIpc) is 2.98. The molecule has 3 rings (SSSR count). The lowest BCUT2D eigenvalue weighted by molar-refractivity contribution is -0.142. The molecule has 1 aromatic heterocycles. The van der Waals surface area contributed by atoms with Gasteiger partial charge in [0, 0.05) is 26.1 Å². The van der Waals surface area contributed by atoms with Crippen LogP contribution in [0.2, 0.25) is 0 Å². The first kappa shape index (κ1) is 13.5. The highest BCUT2D eigenvalue weighted by molar-refractivity contribution is 5.86. The van der Waals surface area contributed by atoms with Crippen molar-refractivity contribution in [2.24, 2.45) is 0 Å². The predicted molar refractivity (Wildman–Crippen MR) is 68.4 cm³/mol. The predicted octanol–water partition coefficient (Wildman–Crippen LogP) is -1.02. The summed E-state index contributed by atoms with van der Waals surface area (Å²) in [6, 6.07) is -0.0520. The largest absolute Gasteiger partial charge is 0.476 e. The van der Waals surface area contributed by atoms with Crippen molar-refractivity contribution in [2.75, 3.05) is 26.2 Å². The average molecular weight is 293 g/mol. The molecule has 9 nitrogen and oxygen atoms in total. The van der Waals surface area contributed by atoms with Gasteiger partial charge >= 0.3 is 5.97 Å². The third kappa shape index (κ3) is 2.58. The first-order chi connectivity index (χ1) is 10.0. The van der Waals surface area contributed by atoms with E-state index in [1.807, 2.05) is 0 Å². The van der Waals surface area contributed by atoms with E-state index in [1.165, 1.54) is 10.9 Å². The van der Waals surface area contributed by atoms with Crippen LogP contribution in [0.15, 0.2) is 6.20 Å². The van der Waals surface area contributed by atoms with Crippen LogP contribution in [0.3, 0.4) is 0 Å². The highest BCUT2D eigenvalue weighted by Gasteiger charge is 2.34. The monoisotopic (exact) mass is 293 g/mol. The number of carboxylic acid groups (broad SMARTS) is 1. The molecule has 9 heteroatoms. The van der Waals surface area contributed by atoms with Crippen LogP contribution in [0.4, 0.5) is 0 Å². The summed E-state index contributed by atoms with van der Waals surface area (Å²) >= 11 is 0. The molecule has 1 N–H and O–H groups in total. The third-order valence-corrected chi connectivity index (χ3v) is 3.82. The summed E-state index contributed by atoms with van der Waals surface area (Å²) in [5.74, 6) is -1.18. The third-order valence-electron chi connectivity index (χ3n) is 3.82. The number of carboxylic acids is 1. The van der Waals surface area contributed by atoms with Crippen LogP contribution in [0.5, 0.6) is 0 Å². The number of likely N-dealkylation sites (tertiary alicyclic amines) is 2. The van der Waals surface area contributed by atoms with E-state index in [4.69, 9.17) is 5.11 Å². The summed E-state index contributed by atoms with van der Waals surface area (Å²) in [6.07, 6.45) is 2.69. The van der Waals surface area contributed by atoms with Crippen LogP contribution in [0.1, 0.15) is 29.4 Å². The maximum absolute atomic E-state index is 12.0. The Morgan fingerprint density at radius 1 is 1.38 bits per heavy atom. The quantitative estimate of drug-likeness (QED) is 0.761. The van der Waals surface area contributed by atoms with Gasteiger partial charge in [0.1, 0.15) is 0 Å². The van der Waals surface area contributed by atoms with E-state index < -0.39 is 5.97 Å². The molecule has 0 bridgehead atoms. The summed E-state index contributed by atoms with van der Waals surface area (Å²) in [6.45, 7) is 1.70. The minimum atomic E-state index is -1.12. The molecule has 1 aromatic rings. The minimum Gasteiger partial charge on any atom is -0.476 e. The molecule has 2 fully saturated rings. The molecular weight excluding hydrogens is 278 g/mol. The van der Waals surface area contributed by atoms with Gasteiger partial charge in [-0.2, -0.15) is 0 Å². The van der Waals surface area contributed by atoms with Gasteiger partial charge < -0.3 is 14.9 Å². The molecule has 0 radical (unpaired) electrons. The van der Waals surface area contributed by atoms with Gasteiger partial charge in [0.25, 0.3) is 0 Å². The molecular formula is C12H15N5O4. The van der Waals surface area contributed by atoms with Crippen molar-refractivity contribution < 1.29 is 19.5 Å². The molecule has 0 spiro atoms. The van der Waals surface area contributed by atoms with E-state index in [1.54, 1.807) is 9.80 Å². The van der Waals surface area contributed by atoms with E-state index in [-0.39, 0.29) is 30.1 Å². The summed E-state index contributed by atoms with van der Waals surface area (Å²) in [5, 5.41) is 16.1. The molecule has 3 heterocycles. The summed E-state index contributed by atoms with van der Waals surface area (Å²) in [4.78, 5) is 37.4. The van der Waals surface area contributed by atoms with Gasteiger partial charge in [-0.25, -0.2) is 9.48 Å². The van der Waals surface area contributed by atoms with Crippen LogP contribution in [-0.4, -0.2) is 73.9 Å². The van der Waals surface area contributed by atoms with Gasteiger partial charge in [0.2, 0.25) is 11.8 Å². The molecule has 0 atom stereocenters. The fraction of sp³-hybridized carbons (Fsp3) is 0.583. The highest BCUT2D eigenvalue weighted by Crippen LogP contribution is 2.21. The summed E-state index contributed by atoms with van der Waals surface area (Å²) < 4.78 is 1.47. The number of rotatable bonds is 4.